The smallest absolute Gasteiger partial charge is 0.390 e. The predicted molar refractivity (Wildman–Crippen MR) is 59.2 cm³/mol. The van der Waals surface area contributed by atoms with Crippen molar-refractivity contribution >= 4 is 0 Å². The Labute approximate surface area is 101 Å². The first-order valence-electron chi connectivity index (χ1n) is 5.25. The Morgan fingerprint density at radius 1 is 1.28 bits per heavy atom. The molecular formula is C12H11F3N2O. The van der Waals surface area contributed by atoms with E-state index in [1.807, 2.05) is 0 Å². The standard InChI is InChI=1S/C12H11F3N2O/c1-8-2-3-9(12(13,14)15)6-11(8)17-5-4-10(7-18)16-17/h2-6,18H,7H2,1H3. The van der Waals surface area contributed by atoms with E-state index < -0.39 is 11.7 Å². The highest BCUT2D eigenvalue weighted by molar-refractivity contribution is 5.43. The van der Waals surface area contributed by atoms with Crippen LogP contribution in [0.5, 0.6) is 0 Å². The molecule has 0 aliphatic rings. The monoisotopic (exact) mass is 256 g/mol. The van der Waals surface area contributed by atoms with Gasteiger partial charge in [0, 0.05) is 6.20 Å². The van der Waals surface area contributed by atoms with Gasteiger partial charge in [0.1, 0.15) is 0 Å². The van der Waals surface area contributed by atoms with Gasteiger partial charge in [0.25, 0.3) is 0 Å². The van der Waals surface area contributed by atoms with E-state index in [9.17, 15) is 13.2 Å². The second kappa shape index (κ2) is 4.45. The van der Waals surface area contributed by atoms with Crippen LogP contribution in [-0.2, 0) is 12.8 Å². The molecule has 0 bridgehead atoms. The molecule has 96 valence electrons. The lowest BCUT2D eigenvalue weighted by Gasteiger charge is -2.11. The first-order chi connectivity index (χ1) is 8.41. The molecule has 2 aromatic rings. The third kappa shape index (κ3) is 2.38. The fourth-order valence-electron chi connectivity index (χ4n) is 1.61. The van der Waals surface area contributed by atoms with Crippen molar-refractivity contribution in [1.82, 2.24) is 9.78 Å². The lowest BCUT2D eigenvalue weighted by molar-refractivity contribution is -0.137. The number of aryl methyl sites for hydroxylation is 1. The quantitative estimate of drug-likeness (QED) is 0.897. The van der Waals surface area contributed by atoms with Gasteiger partial charge in [0.05, 0.1) is 23.6 Å². The van der Waals surface area contributed by atoms with Gasteiger partial charge in [-0.25, -0.2) is 4.68 Å². The zero-order chi connectivity index (χ0) is 13.3. The molecule has 6 heteroatoms. The van der Waals surface area contributed by atoms with Gasteiger partial charge < -0.3 is 5.11 Å². The maximum atomic E-state index is 12.6. The van der Waals surface area contributed by atoms with Crippen LogP contribution in [0.15, 0.2) is 30.5 Å². The van der Waals surface area contributed by atoms with Crippen LogP contribution in [0.1, 0.15) is 16.8 Å². The van der Waals surface area contributed by atoms with Crippen molar-refractivity contribution in [3.63, 3.8) is 0 Å². The van der Waals surface area contributed by atoms with Crippen molar-refractivity contribution in [3.8, 4) is 5.69 Å². The molecule has 1 N–H and O–H groups in total. The van der Waals surface area contributed by atoms with Gasteiger partial charge >= 0.3 is 6.18 Å². The number of aliphatic hydroxyl groups excluding tert-OH is 1. The van der Waals surface area contributed by atoms with Crippen LogP contribution in [-0.4, -0.2) is 14.9 Å². The van der Waals surface area contributed by atoms with Gasteiger partial charge in [0.2, 0.25) is 0 Å². The Hall–Kier alpha value is -1.82. The Kier molecular flexibility index (Phi) is 3.13. The zero-order valence-corrected chi connectivity index (χ0v) is 9.57. The minimum Gasteiger partial charge on any atom is -0.390 e. The highest BCUT2D eigenvalue weighted by atomic mass is 19.4. The average molecular weight is 256 g/mol. The molecule has 0 saturated heterocycles. The first-order valence-corrected chi connectivity index (χ1v) is 5.25. The zero-order valence-electron chi connectivity index (χ0n) is 9.57. The van der Waals surface area contributed by atoms with Crippen LogP contribution >= 0.6 is 0 Å². The summed E-state index contributed by atoms with van der Waals surface area (Å²) in [5.74, 6) is 0. The summed E-state index contributed by atoms with van der Waals surface area (Å²) < 4.78 is 39.2. The van der Waals surface area contributed by atoms with Crippen molar-refractivity contribution in [2.45, 2.75) is 19.7 Å². The normalized spacial score (nSPS) is 11.8. The van der Waals surface area contributed by atoms with Crippen LogP contribution in [0.4, 0.5) is 13.2 Å². The molecule has 0 radical (unpaired) electrons. The largest absolute Gasteiger partial charge is 0.416 e. The van der Waals surface area contributed by atoms with Crippen LogP contribution < -0.4 is 0 Å². The number of hydrogen-bond acceptors (Lipinski definition) is 2. The predicted octanol–water partition coefficient (Wildman–Crippen LogP) is 2.69. The van der Waals surface area contributed by atoms with Crippen molar-refractivity contribution in [1.29, 1.82) is 0 Å². The third-order valence-corrected chi connectivity index (χ3v) is 2.59. The van der Waals surface area contributed by atoms with E-state index in [1.54, 1.807) is 13.0 Å². The molecule has 0 amide bonds. The Balaban J connectivity index is 2.49. The number of halogens is 3. The molecule has 0 unspecified atom stereocenters. The van der Waals surface area contributed by atoms with Gasteiger partial charge in [-0.15, -0.1) is 0 Å². The SMILES string of the molecule is Cc1ccc(C(F)(F)F)cc1-n1ccc(CO)n1. The number of benzene rings is 1. The molecule has 0 fully saturated rings. The Morgan fingerprint density at radius 2 is 2.00 bits per heavy atom. The molecule has 0 atom stereocenters. The van der Waals surface area contributed by atoms with Gasteiger partial charge in [-0.05, 0) is 30.7 Å². The summed E-state index contributed by atoms with van der Waals surface area (Å²) >= 11 is 0. The maximum absolute atomic E-state index is 12.6. The summed E-state index contributed by atoms with van der Waals surface area (Å²) in [5, 5.41) is 12.9. The van der Waals surface area contributed by atoms with E-state index in [-0.39, 0.29) is 6.61 Å². The number of nitrogens with zero attached hydrogens (tertiary/aromatic N) is 2. The van der Waals surface area contributed by atoms with E-state index in [1.165, 1.54) is 16.9 Å². The molecule has 0 aliphatic carbocycles. The number of hydrogen-bond donors (Lipinski definition) is 1. The second-order valence-corrected chi connectivity index (χ2v) is 3.91. The summed E-state index contributed by atoms with van der Waals surface area (Å²) in [6.45, 7) is 1.46. The lowest BCUT2D eigenvalue weighted by Crippen LogP contribution is -2.07. The van der Waals surface area contributed by atoms with Gasteiger partial charge in [-0.3, -0.25) is 0 Å². The topological polar surface area (TPSA) is 38.0 Å². The summed E-state index contributed by atoms with van der Waals surface area (Å²) in [6, 6.07) is 5.04. The van der Waals surface area contributed by atoms with Crippen molar-refractivity contribution in [2.75, 3.05) is 0 Å². The van der Waals surface area contributed by atoms with Crippen LogP contribution in [0.3, 0.4) is 0 Å². The molecule has 1 heterocycles. The summed E-state index contributed by atoms with van der Waals surface area (Å²) in [5.41, 5.74) is 0.719. The maximum Gasteiger partial charge on any atom is 0.416 e. The number of alkyl halides is 3. The van der Waals surface area contributed by atoms with Gasteiger partial charge in [-0.1, -0.05) is 6.07 Å². The molecule has 0 aliphatic heterocycles. The summed E-state index contributed by atoms with van der Waals surface area (Å²) in [4.78, 5) is 0. The highest BCUT2D eigenvalue weighted by Gasteiger charge is 2.31. The fraction of sp³-hybridized carbons (Fsp3) is 0.250. The Bertz CT molecular complexity index is 561. The van der Waals surface area contributed by atoms with Crippen molar-refractivity contribution < 1.29 is 18.3 Å². The molecule has 0 spiro atoms. The molecule has 3 nitrogen and oxygen atoms in total. The summed E-state index contributed by atoms with van der Waals surface area (Å²) in [7, 11) is 0. The average Bonchev–Trinajstić information content (AvgIpc) is 2.76. The molecule has 0 saturated carbocycles. The van der Waals surface area contributed by atoms with E-state index in [0.717, 1.165) is 12.1 Å². The third-order valence-electron chi connectivity index (χ3n) is 2.59. The molecule has 2 rings (SSSR count). The van der Waals surface area contributed by atoms with Gasteiger partial charge in [-0.2, -0.15) is 18.3 Å². The molecule has 1 aromatic carbocycles. The second-order valence-electron chi connectivity index (χ2n) is 3.91. The van der Waals surface area contributed by atoms with Gasteiger partial charge in [0.15, 0.2) is 0 Å². The van der Waals surface area contributed by atoms with Crippen LogP contribution in [0, 0.1) is 6.92 Å². The van der Waals surface area contributed by atoms with E-state index in [0.29, 0.717) is 16.9 Å². The lowest BCUT2D eigenvalue weighted by atomic mass is 10.1. The number of aliphatic hydroxyl groups is 1. The van der Waals surface area contributed by atoms with E-state index >= 15 is 0 Å². The van der Waals surface area contributed by atoms with Crippen molar-refractivity contribution in [3.05, 3.63) is 47.3 Å². The number of rotatable bonds is 2. The minimum atomic E-state index is -4.38. The fourth-order valence-corrected chi connectivity index (χ4v) is 1.61. The molecule has 18 heavy (non-hydrogen) atoms. The van der Waals surface area contributed by atoms with Crippen LogP contribution in [0.25, 0.3) is 5.69 Å². The van der Waals surface area contributed by atoms with E-state index in [2.05, 4.69) is 5.10 Å². The molecule has 1 aromatic heterocycles. The first kappa shape index (κ1) is 12.6. The highest BCUT2D eigenvalue weighted by Crippen LogP contribution is 2.31. The Morgan fingerprint density at radius 3 is 2.56 bits per heavy atom. The minimum absolute atomic E-state index is 0.245. The van der Waals surface area contributed by atoms with Crippen molar-refractivity contribution in [2.24, 2.45) is 0 Å². The summed E-state index contributed by atoms with van der Waals surface area (Å²) in [6.07, 6.45) is -2.86. The molecular weight excluding hydrogens is 245 g/mol. The van der Waals surface area contributed by atoms with Crippen LogP contribution in [0.2, 0.25) is 0 Å². The number of aromatic nitrogens is 2. The van der Waals surface area contributed by atoms with E-state index in [4.69, 9.17) is 5.11 Å².